The van der Waals surface area contributed by atoms with E-state index < -0.39 is 0 Å². The number of nitrogens with zero attached hydrogens (tertiary/aromatic N) is 1. The van der Waals surface area contributed by atoms with Gasteiger partial charge in [0.1, 0.15) is 5.75 Å². The average molecular weight is 274 g/mol. The number of hydrogen-bond acceptors (Lipinski definition) is 4. The molecule has 1 atom stereocenters. The molecule has 1 fully saturated rings. The van der Waals surface area contributed by atoms with Crippen LogP contribution in [0.2, 0.25) is 0 Å². The van der Waals surface area contributed by atoms with Gasteiger partial charge < -0.3 is 10.1 Å². The molecule has 100 valence electrons. The van der Waals surface area contributed by atoms with Crippen molar-refractivity contribution in [3.63, 3.8) is 0 Å². The van der Waals surface area contributed by atoms with Gasteiger partial charge in [-0.15, -0.1) is 11.3 Å². The van der Waals surface area contributed by atoms with Crippen molar-refractivity contribution >= 4 is 11.3 Å². The Labute approximate surface area is 117 Å². The number of methoxy groups -OCH3 is 1. The quantitative estimate of drug-likeness (QED) is 0.930. The van der Waals surface area contributed by atoms with E-state index in [1.54, 1.807) is 18.4 Å². The molecule has 1 saturated heterocycles. The van der Waals surface area contributed by atoms with E-state index >= 15 is 0 Å². The lowest BCUT2D eigenvalue weighted by Gasteiger charge is -2.05. The molecular weight excluding hydrogens is 256 g/mol. The van der Waals surface area contributed by atoms with E-state index in [1.807, 2.05) is 12.1 Å². The molecule has 3 rings (SSSR count). The van der Waals surface area contributed by atoms with E-state index in [9.17, 15) is 0 Å². The summed E-state index contributed by atoms with van der Waals surface area (Å²) < 4.78 is 5.17. The Hall–Kier alpha value is -1.39. The lowest BCUT2D eigenvalue weighted by Crippen LogP contribution is -2.13. The van der Waals surface area contributed by atoms with Crippen molar-refractivity contribution in [3.05, 3.63) is 45.9 Å². The van der Waals surface area contributed by atoms with E-state index in [-0.39, 0.29) is 0 Å². The summed E-state index contributed by atoms with van der Waals surface area (Å²) in [6.45, 7) is 1.12. The van der Waals surface area contributed by atoms with Gasteiger partial charge in [-0.05, 0) is 37.1 Å². The first-order valence-electron chi connectivity index (χ1n) is 6.66. The molecule has 1 unspecified atom stereocenters. The molecule has 2 heterocycles. The van der Waals surface area contributed by atoms with E-state index in [1.165, 1.54) is 29.1 Å². The summed E-state index contributed by atoms with van der Waals surface area (Å²) in [5.41, 5.74) is 2.49. The van der Waals surface area contributed by atoms with Crippen LogP contribution in [0, 0.1) is 0 Å². The molecule has 0 aliphatic carbocycles. The first kappa shape index (κ1) is 12.6. The van der Waals surface area contributed by atoms with E-state index in [4.69, 9.17) is 9.72 Å². The van der Waals surface area contributed by atoms with Crippen molar-refractivity contribution in [2.45, 2.75) is 25.3 Å². The van der Waals surface area contributed by atoms with Gasteiger partial charge in [0.15, 0.2) is 0 Å². The minimum Gasteiger partial charge on any atom is -0.497 e. The zero-order chi connectivity index (χ0) is 13.1. The third kappa shape index (κ3) is 2.96. The Kier molecular flexibility index (Phi) is 3.80. The molecule has 0 spiro atoms. The lowest BCUT2D eigenvalue weighted by atomic mass is 10.1. The zero-order valence-electron chi connectivity index (χ0n) is 11.1. The monoisotopic (exact) mass is 274 g/mol. The second kappa shape index (κ2) is 5.72. The Morgan fingerprint density at radius 3 is 2.89 bits per heavy atom. The number of rotatable bonds is 4. The van der Waals surface area contributed by atoms with E-state index in [0.717, 1.165) is 18.7 Å². The average Bonchev–Trinajstić information content (AvgIpc) is 3.10. The van der Waals surface area contributed by atoms with E-state index in [2.05, 4.69) is 22.8 Å². The van der Waals surface area contributed by atoms with Crippen LogP contribution in [0.15, 0.2) is 29.6 Å². The molecule has 2 aromatic rings. The molecule has 0 saturated carbocycles. The van der Waals surface area contributed by atoms with Gasteiger partial charge in [-0.1, -0.05) is 12.1 Å². The third-order valence-electron chi connectivity index (χ3n) is 3.50. The largest absolute Gasteiger partial charge is 0.497 e. The van der Waals surface area contributed by atoms with Crippen molar-refractivity contribution in [1.29, 1.82) is 0 Å². The summed E-state index contributed by atoms with van der Waals surface area (Å²) in [5.74, 6) is 0.902. The Bertz CT molecular complexity index is 529. The summed E-state index contributed by atoms with van der Waals surface area (Å²) in [6, 6.07) is 8.69. The van der Waals surface area contributed by atoms with Crippen LogP contribution >= 0.6 is 11.3 Å². The molecule has 1 aromatic carbocycles. The summed E-state index contributed by atoms with van der Waals surface area (Å²) in [5, 5.41) is 6.88. The second-order valence-electron chi connectivity index (χ2n) is 4.84. The highest BCUT2D eigenvalue weighted by molar-refractivity contribution is 7.09. The van der Waals surface area contributed by atoms with Crippen LogP contribution in [-0.2, 0) is 6.42 Å². The number of nitrogens with one attached hydrogen (secondary N) is 1. The first-order valence-corrected chi connectivity index (χ1v) is 7.54. The van der Waals surface area contributed by atoms with Gasteiger partial charge >= 0.3 is 0 Å². The Morgan fingerprint density at radius 1 is 1.37 bits per heavy atom. The fraction of sp³-hybridized carbons (Fsp3) is 0.400. The number of thiazole rings is 1. The molecule has 0 radical (unpaired) electrons. The highest BCUT2D eigenvalue weighted by Crippen LogP contribution is 2.25. The van der Waals surface area contributed by atoms with E-state index in [0.29, 0.717) is 6.04 Å². The number of ether oxygens (including phenoxy) is 1. The van der Waals surface area contributed by atoms with Crippen molar-refractivity contribution in [2.75, 3.05) is 13.7 Å². The van der Waals surface area contributed by atoms with Crippen molar-refractivity contribution in [3.8, 4) is 5.75 Å². The molecule has 1 aliphatic heterocycles. The smallest absolute Gasteiger partial charge is 0.118 e. The Balaban J connectivity index is 1.68. The van der Waals surface area contributed by atoms with Crippen LogP contribution in [0.5, 0.6) is 5.75 Å². The molecule has 0 amide bonds. The van der Waals surface area contributed by atoms with Gasteiger partial charge in [0, 0.05) is 11.8 Å². The minimum absolute atomic E-state index is 0.473. The van der Waals surface area contributed by atoms with Crippen LogP contribution in [-0.4, -0.2) is 18.6 Å². The van der Waals surface area contributed by atoms with Crippen LogP contribution in [0.3, 0.4) is 0 Å². The molecular formula is C15H18N2OS. The Morgan fingerprint density at radius 2 is 2.21 bits per heavy atom. The SMILES string of the molecule is COc1ccc(Cc2nc(C3CCCN3)cs2)cc1. The van der Waals surface area contributed by atoms with Gasteiger partial charge in [0.25, 0.3) is 0 Å². The highest BCUT2D eigenvalue weighted by atomic mass is 32.1. The lowest BCUT2D eigenvalue weighted by molar-refractivity contribution is 0.414. The minimum atomic E-state index is 0.473. The maximum atomic E-state index is 5.17. The van der Waals surface area contributed by atoms with Crippen LogP contribution < -0.4 is 10.1 Å². The predicted octanol–water partition coefficient (Wildman–Crippen LogP) is 3.17. The van der Waals surface area contributed by atoms with Gasteiger partial charge in [0.2, 0.25) is 0 Å². The molecule has 0 bridgehead atoms. The van der Waals surface area contributed by atoms with Crippen LogP contribution in [0.1, 0.15) is 35.1 Å². The van der Waals surface area contributed by atoms with Crippen LogP contribution in [0.25, 0.3) is 0 Å². The number of aromatic nitrogens is 1. The van der Waals surface area contributed by atoms with Crippen molar-refractivity contribution < 1.29 is 4.74 Å². The first-order chi connectivity index (χ1) is 9.35. The highest BCUT2D eigenvalue weighted by Gasteiger charge is 2.18. The molecule has 1 aliphatic rings. The normalized spacial score (nSPS) is 18.7. The number of benzene rings is 1. The molecule has 19 heavy (non-hydrogen) atoms. The summed E-state index contributed by atoms with van der Waals surface area (Å²) in [4.78, 5) is 4.75. The van der Waals surface area contributed by atoms with Crippen molar-refractivity contribution in [2.24, 2.45) is 0 Å². The summed E-state index contributed by atoms with van der Waals surface area (Å²) in [6.07, 6.45) is 3.38. The standard InChI is InChI=1S/C15H18N2OS/c1-18-12-6-4-11(5-7-12)9-15-17-14(10-19-15)13-3-2-8-16-13/h4-7,10,13,16H,2-3,8-9H2,1H3. The number of hydrogen-bond donors (Lipinski definition) is 1. The summed E-state index contributed by atoms with van der Waals surface area (Å²) >= 11 is 1.76. The fourth-order valence-corrected chi connectivity index (χ4v) is 3.30. The zero-order valence-corrected chi connectivity index (χ0v) is 11.9. The maximum Gasteiger partial charge on any atom is 0.118 e. The topological polar surface area (TPSA) is 34.1 Å². The van der Waals surface area contributed by atoms with Gasteiger partial charge in [-0.3, -0.25) is 0 Å². The predicted molar refractivity (Wildman–Crippen MR) is 77.9 cm³/mol. The van der Waals surface area contributed by atoms with Gasteiger partial charge in [0.05, 0.1) is 23.9 Å². The maximum absolute atomic E-state index is 5.17. The molecule has 3 nitrogen and oxygen atoms in total. The molecule has 4 heteroatoms. The molecule has 1 aromatic heterocycles. The second-order valence-corrected chi connectivity index (χ2v) is 5.78. The van der Waals surface area contributed by atoms with Crippen molar-refractivity contribution in [1.82, 2.24) is 10.3 Å². The van der Waals surface area contributed by atoms with Crippen LogP contribution in [0.4, 0.5) is 0 Å². The van der Waals surface area contributed by atoms with Gasteiger partial charge in [-0.25, -0.2) is 4.98 Å². The summed E-state index contributed by atoms with van der Waals surface area (Å²) in [7, 11) is 1.69. The molecule has 1 N–H and O–H groups in total. The third-order valence-corrected chi connectivity index (χ3v) is 4.37. The fourth-order valence-electron chi connectivity index (χ4n) is 2.42. The van der Waals surface area contributed by atoms with Gasteiger partial charge in [-0.2, -0.15) is 0 Å².